The number of nitrogens with zero attached hydrogens (tertiary/aromatic N) is 2. The summed E-state index contributed by atoms with van der Waals surface area (Å²) in [5.74, 6) is 1.20. The Balaban J connectivity index is 1.95. The molecule has 84 valence electrons. The molecule has 5 nitrogen and oxygen atoms in total. The van der Waals surface area contributed by atoms with E-state index in [-0.39, 0.29) is 6.61 Å². The first-order chi connectivity index (χ1) is 7.75. The average Bonchev–Trinajstić information content (AvgIpc) is 2.80. The summed E-state index contributed by atoms with van der Waals surface area (Å²) in [6.45, 7) is 1.99. The smallest absolute Gasteiger partial charge is 0.213 e. The molecule has 1 heterocycles. The highest BCUT2D eigenvalue weighted by molar-refractivity contribution is 5.28. The molecule has 2 rings (SSSR count). The highest BCUT2D eigenvalue weighted by Crippen LogP contribution is 2.17. The molecule has 16 heavy (non-hydrogen) atoms. The molecule has 0 saturated heterocycles. The van der Waals surface area contributed by atoms with Crippen molar-refractivity contribution in [2.45, 2.75) is 19.6 Å². The van der Waals surface area contributed by atoms with Crippen LogP contribution < -0.4 is 4.74 Å². The van der Waals surface area contributed by atoms with Crippen LogP contribution in [0.25, 0.3) is 0 Å². The number of hydrogen-bond donors (Lipinski definition) is 1. The topological polar surface area (TPSA) is 68.4 Å². The number of ether oxygens (including phenoxy) is 1. The van der Waals surface area contributed by atoms with Crippen molar-refractivity contribution in [2.24, 2.45) is 0 Å². The molecule has 1 N–H and O–H groups in total. The second-order valence-corrected chi connectivity index (χ2v) is 3.38. The molecule has 1 aromatic carbocycles. The highest BCUT2D eigenvalue weighted by Gasteiger charge is 2.02. The number of aliphatic hydroxyl groups is 1. The van der Waals surface area contributed by atoms with Crippen LogP contribution in [-0.2, 0) is 6.61 Å². The number of rotatable bonds is 4. The predicted octanol–water partition coefficient (Wildman–Crippen LogP) is 1.70. The lowest BCUT2D eigenvalue weighted by Crippen LogP contribution is -1.97. The number of aliphatic hydroxyl groups excluding tert-OH is 1. The minimum absolute atomic E-state index is 0.268. The van der Waals surface area contributed by atoms with Crippen LogP contribution in [0.1, 0.15) is 24.4 Å². The van der Waals surface area contributed by atoms with Crippen molar-refractivity contribution in [1.82, 2.24) is 10.1 Å². The van der Waals surface area contributed by atoms with Gasteiger partial charge in [-0.15, -0.1) is 0 Å². The largest absolute Gasteiger partial charge is 0.485 e. The van der Waals surface area contributed by atoms with E-state index in [9.17, 15) is 5.11 Å². The minimum atomic E-state index is -0.466. The fourth-order valence-corrected chi connectivity index (χ4v) is 1.25. The van der Waals surface area contributed by atoms with Crippen LogP contribution in [0.2, 0.25) is 0 Å². The van der Waals surface area contributed by atoms with E-state index >= 15 is 0 Å². The van der Waals surface area contributed by atoms with Crippen molar-refractivity contribution >= 4 is 0 Å². The lowest BCUT2D eigenvalue weighted by molar-refractivity contribution is 0.199. The molecular formula is C11H12N2O3. The van der Waals surface area contributed by atoms with Gasteiger partial charge in [0.2, 0.25) is 12.2 Å². The number of benzene rings is 1. The molecule has 0 unspecified atom stereocenters. The van der Waals surface area contributed by atoms with Gasteiger partial charge in [0.05, 0.1) is 6.10 Å². The van der Waals surface area contributed by atoms with Gasteiger partial charge in [-0.3, -0.25) is 0 Å². The summed E-state index contributed by atoms with van der Waals surface area (Å²) in [7, 11) is 0. The van der Waals surface area contributed by atoms with Crippen LogP contribution in [0.5, 0.6) is 5.75 Å². The monoisotopic (exact) mass is 220 g/mol. The first-order valence-electron chi connectivity index (χ1n) is 4.92. The van der Waals surface area contributed by atoms with Crippen LogP contribution in [0.15, 0.2) is 35.2 Å². The van der Waals surface area contributed by atoms with Gasteiger partial charge in [0, 0.05) is 0 Å². The quantitative estimate of drug-likeness (QED) is 0.849. The zero-order chi connectivity index (χ0) is 11.4. The molecule has 0 aliphatic heterocycles. The Morgan fingerprint density at radius 1 is 1.38 bits per heavy atom. The number of aromatic nitrogens is 2. The standard InChI is InChI=1S/C11H12N2O3/c1-8(14)9-2-4-10(5-3-9)15-6-11-12-7-16-13-11/h2-5,7-8,14H,6H2,1H3/t8-/m0/s1. The van der Waals surface area contributed by atoms with Gasteiger partial charge < -0.3 is 14.4 Å². The summed E-state index contributed by atoms with van der Waals surface area (Å²) >= 11 is 0. The third-order valence-corrected chi connectivity index (χ3v) is 2.14. The Kier molecular flexibility index (Phi) is 3.16. The molecule has 0 saturated carbocycles. The molecule has 2 aromatic rings. The maximum absolute atomic E-state index is 9.32. The molecule has 1 aromatic heterocycles. The molecule has 0 aliphatic rings. The molecule has 0 bridgehead atoms. The SMILES string of the molecule is C[C@H](O)c1ccc(OCc2ncon2)cc1. The normalized spacial score (nSPS) is 12.4. The first-order valence-corrected chi connectivity index (χ1v) is 4.92. The van der Waals surface area contributed by atoms with Crippen LogP contribution >= 0.6 is 0 Å². The number of hydrogen-bond acceptors (Lipinski definition) is 5. The Hall–Kier alpha value is -1.88. The first kappa shape index (κ1) is 10.6. The van der Waals surface area contributed by atoms with Gasteiger partial charge in [-0.05, 0) is 24.6 Å². The fourth-order valence-electron chi connectivity index (χ4n) is 1.25. The van der Waals surface area contributed by atoms with Gasteiger partial charge in [-0.2, -0.15) is 4.98 Å². The van der Waals surface area contributed by atoms with E-state index in [0.717, 1.165) is 5.56 Å². The van der Waals surface area contributed by atoms with Crippen molar-refractivity contribution in [1.29, 1.82) is 0 Å². The zero-order valence-electron chi connectivity index (χ0n) is 8.83. The maximum atomic E-state index is 9.32. The average molecular weight is 220 g/mol. The van der Waals surface area contributed by atoms with Crippen LogP contribution in [0.3, 0.4) is 0 Å². The molecule has 0 amide bonds. The van der Waals surface area contributed by atoms with Crippen molar-refractivity contribution < 1.29 is 14.4 Å². The van der Waals surface area contributed by atoms with Crippen molar-refractivity contribution in [3.05, 3.63) is 42.0 Å². The van der Waals surface area contributed by atoms with E-state index in [4.69, 9.17) is 4.74 Å². The zero-order valence-corrected chi connectivity index (χ0v) is 8.83. The summed E-state index contributed by atoms with van der Waals surface area (Å²) in [5.41, 5.74) is 0.854. The highest BCUT2D eigenvalue weighted by atomic mass is 16.5. The molecule has 0 radical (unpaired) electrons. The minimum Gasteiger partial charge on any atom is -0.485 e. The van der Waals surface area contributed by atoms with Crippen LogP contribution in [0, 0.1) is 0 Å². The van der Waals surface area contributed by atoms with Crippen molar-refractivity contribution in [2.75, 3.05) is 0 Å². The van der Waals surface area contributed by atoms with Gasteiger partial charge >= 0.3 is 0 Å². The molecular weight excluding hydrogens is 208 g/mol. The Bertz CT molecular complexity index is 423. The molecule has 1 atom stereocenters. The predicted molar refractivity (Wildman–Crippen MR) is 55.7 cm³/mol. The summed E-state index contributed by atoms with van der Waals surface area (Å²) in [6, 6.07) is 7.22. The summed E-state index contributed by atoms with van der Waals surface area (Å²) in [4.78, 5) is 3.83. The molecule has 5 heteroatoms. The second kappa shape index (κ2) is 4.76. The van der Waals surface area contributed by atoms with E-state index in [1.807, 2.05) is 12.1 Å². The summed E-state index contributed by atoms with van der Waals surface area (Å²) in [5, 5.41) is 12.9. The van der Waals surface area contributed by atoms with Crippen LogP contribution in [0.4, 0.5) is 0 Å². The summed E-state index contributed by atoms with van der Waals surface area (Å²) in [6.07, 6.45) is 0.793. The Morgan fingerprint density at radius 2 is 2.12 bits per heavy atom. The van der Waals surface area contributed by atoms with E-state index in [2.05, 4.69) is 14.7 Å². The van der Waals surface area contributed by atoms with Crippen molar-refractivity contribution in [3.8, 4) is 5.75 Å². The summed E-state index contributed by atoms with van der Waals surface area (Å²) < 4.78 is 10.00. The maximum Gasteiger partial charge on any atom is 0.213 e. The Morgan fingerprint density at radius 3 is 2.69 bits per heavy atom. The van der Waals surface area contributed by atoms with E-state index in [0.29, 0.717) is 11.6 Å². The Labute approximate surface area is 92.7 Å². The lowest BCUT2D eigenvalue weighted by atomic mass is 10.1. The lowest BCUT2D eigenvalue weighted by Gasteiger charge is -2.06. The molecule has 0 aliphatic carbocycles. The van der Waals surface area contributed by atoms with E-state index < -0.39 is 6.10 Å². The van der Waals surface area contributed by atoms with Crippen LogP contribution in [-0.4, -0.2) is 15.2 Å². The molecule has 0 fully saturated rings. The van der Waals surface area contributed by atoms with Gasteiger partial charge in [0.1, 0.15) is 5.75 Å². The van der Waals surface area contributed by atoms with Gasteiger partial charge in [-0.1, -0.05) is 17.3 Å². The second-order valence-electron chi connectivity index (χ2n) is 3.38. The van der Waals surface area contributed by atoms with E-state index in [1.165, 1.54) is 6.39 Å². The molecule has 0 spiro atoms. The third kappa shape index (κ3) is 2.58. The van der Waals surface area contributed by atoms with Gasteiger partial charge in [-0.25, -0.2) is 0 Å². The van der Waals surface area contributed by atoms with Gasteiger partial charge in [0.25, 0.3) is 0 Å². The fraction of sp³-hybridized carbons (Fsp3) is 0.273. The van der Waals surface area contributed by atoms with Gasteiger partial charge in [0.15, 0.2) is 6.61 Å². The van der Waals surface area contributed by atoms with E-state index in [1.54, 1.807) is 19.1 Å². The van der Waals surface area contributed by atoms with Crippen molar-refractivity contribution in [3.63, 3.8) is 0 Å². The third-order valence-electron chi connectivity index (χ3n) is 2.14.